The third-order valence-corrected chi connectivity index (χ3v) is 3.32. The summed E-state index contributed by atoms with van der Waals surface area (Å²) in [6, 6.07) is 7.26. The molecular formula is C14H16ClN3O3. The van der Waals surface area contributed by atoms with Crippen molar-refractivity contribution in [3.8, 4) is 11.4 Å². The maximum Gasteiger partial charge on any atom is 0.317 e. The molecular weight excluding hydrogens is 294 g/mol. The molecule has 0 amide bonds. The molecule has 0 aliphatic rings. The van der Waals surface area contributed by atoms with Crippen LogP contribution in [0.3, 0.4) is 0 Å². The van der Waals surface area contributed by atoms with Crippen LogP contribution in [-0.4, -0.2) is 38.7 Å². The first-order chi connectivity index (χ1) is 9.97. The van der Waals surface area contributed by atoms with E-state index in [1.807, 2.05) is 26.0 Å². The van der Waals surface area contributed by atoms with E-state index < -0.39 is 5.97 Å². The van der Waals surface area contributed by atoms with Gasteiger partial charge in [-0.3, -0.25) is 9.69 Å². The summed E-state index contributed by atoms with van der Waals surface area (Å²) in [5, 5.41) is 13.3. The maximum absolute atomic E-state index is 10.8. The van der Waals surface area contributed by atoms with Crippen LogP contribution in [0.5, 0.6) is 0 Å². The highest BCUT2D eigenvalue weighted by atomic mass is 35.5. The number of aliphatic carboxylic acids is 1. The summed E-state index contributed by atoms with van der Waals surface area (Å²) < 4.78 is 5.18. The van der Waals surface area contributed by atoms with Gasteiger partial charge in [0.15, 0.2) is 0 Å². The Morgan fingerprint density at radius 2 is 2.14 bits per heavy atom. The topological polar surface area (TPSA) is 79.5 Å². The lowest BCUT2D eigenvalue weighted by molar-refractivity contribution is -0.139. The standard InChI is InChI=1S/C14H16ClN3O3/c1-9(2)18(8-13(19)20)7-12-16-14(17-21-12)10-5-3-4-6-11(10)15/h3-6,9H,7-8H2,1-2H3,(H,19,20). The molecule has 0 radical (unpaired) electrons. The number of hydrogen-bond donors (Lipinski definition) is 1. The second kappa shape index (κ2) is 6.69. The first kappa shape index (κ1) is 15.5. The summed E-state index contributed by atoms with van der Waals surface area (Å²) in [6.45, 7) is 4.02. The summed E-state index contributed by atoms with van der Waals surface area (Å²) >= 11 is 6.08. The minimum absolute atomic E-state index is 0.0526. The van der Waals surface area contributed by atoms with E-state index in [2.05, 4.69) is 10.1 Å². The Labute approximate surface area is 127 Å². The van der Waals surface area contributed by atoms with Gasteiger partial charge in [0.2, 0.25) is 11.7 Å². The highest BCUT2D eigenvalue weighted by Gasteiger charge is 2.18. The second-order valence-corrected chi connectivity index (χ2v) is 5.29. The molecule has 0 fully saturated rings. The molecule has 0 spiro atoms. The molecule has 7 heteroatoms. The normalized spacial score (nSPS) is 11.3. The van der Waals surface area contributed by atoms with Gasteiger partial charge in [-0.1, -0.05) is 28.9 Å². The number of carbonyl (C=O) groups is 1. The Morgan fingerprint density at radius 3 is 2.76 bits per heavy atom. The van der Waals surface area contributed by atoms with Crippen molar-refractivity contribution in [2.45, 2.75) is 26.4 Å². The van der Waals surface area contributed by atoms with Crippen LogP contribution in [0.15, 0.2) is 28.8 Å². The van der Waals surface area contributed by atoms with Crippen molar-refractivity contribution in [2.24, 2.45) is 0 Å². The number of carboxylic acid groups (broad SMARTS) is 1. The third kappa shape index (κ3) is 4.03. The molecule has 0 aliphatic heterocycles. The number of nitrogens with zero attached hydrogens (tertiary/aromatic N) is 3. The Hall–Kier alpha value is -1.92. The van der Waals surface area contributed by atoms with Crippen molar-refractivity contribution in [1.82, 2.24) is 15.0 Å². The fourth-order valence-corrected chi connectivity index (χ4v) is 2.06. The molecule has 0 atom stereocenters. The highest BCUT2D eigenvalue weighted by molar-refractivity contribution is 6.33. The van der Waals surface area contributed by atoms with E-state index in [1.165, 1.54) is 0 Å². The zero-order chi connectivity index (χ0) is 15.4. The summed E-state index contributed by atoms with van der Waals surface area (Å²) in [6.07, 6.45) is 0. The van der Waals surface area contributed by atoms with Gasteiger partial charge in [0.05, 0.1) is 18.1 Å². The molecule has 0 bridgehead atoms. The average Bonchev–Trinajstić information content (AvgIpc) is 2.86. The van der Waals surface area contributed by atoms with Crippen LogP contribution in [0.25, 0.3) is 11.4 Å². The largest absolute Gasteiger partial charge is 0.480 e. The maximum atomic E-state index is 10.8. The third-order valence-electron chi connectivity index (χ3n) is 2.99. The van der Waals surface area contributed by atoms with Crippen LogP contribution in [0.4, 0.5) is 0 Å². The summed E-state index contributed by atoms with van der Waals surface area (Å²) in [5.41, 5.74) is 0.684. The molecule has 2 rings (SSSR count). The summed E-state index contributed by atoms with van der Waals surface area (Å²) in [7, 11) is 0. The lowest BCUT2D eigenvalue weighted by Crippen LogP contribution is -2.35. The van der Waals surface area contributed by atoms with E-state index in [-0.39, 0.29) is 19.1 Å². The van der Waals surface area contributed by atoms with Crippen molar-refractivity contribution >= 4 is 17.6 Å². The Balaban J connectivity index is 2.16. The van der Waals surface area contributed by atoms with Crippen LogP contribution in [0.2, 0.25) is 5.02 Å². The molecule has 0 unspecified atom stereocenters. The lowest BCUT2D eigenvalue weighted by Gasteiger charge is -2.22. The number of rotatable bonds is 6. The molecule has 0 aliphatic carbocycles. The molecule has 0 saturated carbocycles. The van der Waals surface area contributed by atoms with E-state index >= 15 is 0 Å². The Morgan fingerprint density at radius 1 is 1.43 bits per heavy atom. The van der Waals surface area contributed by atoms with Crippen LogP contribution >= 0.6 is 11.6 Å². The van der Waals surface area contributed by atoms with Gasteiger partial charge < -0.3 is 9.63 Å². The van der Waals surface area contributed by atoms with Crippen molar-refractivity contribution < 1.29 is 14.4 Å². The molecule has 1 heterocycles. The van der Waals surface area contributed by atoms with E-state index in [0.717, 1.165) is 0 Å². The van der Waals surface area contributed by atoms with Crippen LogP contribution in [0, 0.1) is 0 Å². The first-order valence-electron chi connectivity index (χ1n) is 6.50. The van der Waals surface area contributed by atoms with Gasteiger partial charge >= 0.3 is 5.97 Å². The van der Waals surface area contributed by atoms with E-state index in [9.17, 15) is 4.79 Å². The van der Waals surface area contributed by atoms with E-state index in [1.54, 1.807) is 17.0 Å². The Kier molecular flexibility index (Phi) is 4.93. The van der Waals surface area contributed by atoms with Crippen molar-refractivity contribution in [2.75, 3.05) is 6.54 Å². The van der Waals surface area contributed by atoms with Gasteiger partial charge in [-0.05, 0) is 26.0 Å². The number of aromatic nitrogens is 2. The zero-order valence-corrected chi connectivity index (χ0v) is 12.5. The second-order valence-electron chi connectivity index (χ2n) is 4.88. The zero-order valence-electron chi connectivity index (χ0n) is 11.8. The smallest absolute Gasteiger partial charge is 0.317 e. The SMILES string of the molecule is CC(C)N(CC(=O)O)Cc1nc(-c2ccccc2Cl)no1. The number of carboxylic acids is 1. The van der Waals surface area contributed by atoms with Crippen LogP contribution in [0.1, 0.15) is 19.7 Å². The molecule has 0 saturated heterocycles. The van der Waals surface area contributed by atoms with Crippen molar-refractivity contribution in [3.63, 3.8) is 0 Å². The first-order valence-corrected chi connectivity index (χ1v) is 6.88. The molecule has 1 aromatic carbocycles. The monoisotopic (exact) mass is 309 g/mol. The lowest BCUT2D eigenvalue weighted by atomic mass is 10.2. The molecule has 6 nitrogen and oxygen atoms in total. The highest BCUT2D eigenvalue weighted by Crippen LogP contribution is 2.25. The molecule has 1 N–H and O–H groups in total. The Bertz CT molecular complexity index is 627. The van der Waals surface area contributed by atoms with Crippen molar-refractivity contribution in [1.29, 1.82) is 0 Å². The molecule has 1 aromatic heterocycles. The van der Waals surface area contributed by atoms with E-state index in [4.69, 9.17) is 21.2 Å². The van der Waals surface area contributed by atoms with Gasteiger partial charge in [-0.2, -0.15) is 4.98 Å². The van der Waals surface area contributed by atoms with Crippen LogP contribution in [-0.2, 0) is 11.3 Å². The van der Waals surface area contributed by atoms with Gasteiger partial charge in [0.1, 0.15) is 0 Å². The van der Waals surface area contributed by atoms with Gasteiger partial charge in [-0.25, -0.2) is 0 Å². The predicted molar refractivity (Wildman–Crippen MR) is 77.9 cm³/mol. The summed E-state index contributed by atoms with van der Waals surface area (Å²) in [4.78, 5) is 16.9. The number of halogens is 1. The number of hydrogen-bond acceptors (Lipinski definition) is 5. The van der Waals surface area contributed by atoms with Gasteiger partial charge in [0.25, 0.3) is 0 Å². The van der Waals surface area contributed by atoms with Crippen LogP contribution < -0.4 is 0 Å². The van der Waals surface area contributed by atoms with E-state index in [0.29, 0.717) is 22.3 Å². The fraction of sp³-hybridized carbons (Fsp3) is 0.357. The molecule has 21 heavy (non-hydrogen) atoms. The fourth-order valence-electron chi connectivity index (χ4n) is 1.84. The quantitative estimate of drug-likeness (QED) is 0.883. The summed E-state index contributed by atoms with van der Waals surface area (Å²) in [5.74, 6) is -0.135. The molecule has 112 valence electrons. The number of benzene rings is 1. The molecule has 2 aromatic rings. The van der Waals surface area contributed by atoms with Crippen molar-refractivity contribution in [3.05, 3.63) is 35.2 Å². The average molecular weight is 310 g/mol. The predicted octanol–water partition coefficient (Wildman–Crippen LogP) is 2.69. The minimum atomic E-state index is -0.894. The minimum Gasteiger partial charge on any atom is -0.480 e. The van der Waals surface area contributed by atoms with Gasteiger partial charge in [0, 0.05) is 11.6 Å². The van der Waals surface area contributed by atoms with Gasteiger partial charge in [-0.15, -0.1) is 0 Å².